The summed E-state index contributed by atoms with van der Waals surface area (Å²) in [5.74, 6) is -0.462. The number of nitrogens with zero attached hydrogens (tertiary/aromatic N) is 4. The van der Waals surface area contributed by atoms with Gasteiger partial charge in [0.2, 0.25) is 0 Å². The lowest BCUT2D eigenvalue weighted by atomic mass is 10.1. The number of fused-ring (bicyclic) bond motifs is 1. The predicted molar refractivity (Wildman–Crippen MR) is 105 cm³/mol. The summed E-state index contributed by atoms with van der Waals surface area (Å²) in [6.45, 7) is 2.58. The second-order valence-corrected chi connectivity index (χ2v) is 6.12. The van der Waals surface area contributed by atoms with E-state index in [1.54, 1.807) is 42.7 Å². The molecule has 7 heteroatoms. The Morgan fingerprint density at radius 2 is 2.00 bits per heavy atom. The Morgan fingerprint density at radius 3 is 2.74 bits per heavy atom. The minimum Gasteiger partial charge on any atom is -0.267 e. The molecule has 2 heterocycles. The Morgan fingerprint density at radius 1 is 1.19 bits per heavy atom. The van der Waals surface area contributed by atoms with Crippen LogP contribution in [0.2, 0.25) is 0 Å². The minimum absolute atomic E-state index is 0.183. The second kappa shape index (κ2) is 8.84. The zero-order valence-corrected chi connectivity index (χ0v) is 15.1. The Kier molecular flexibility index (Phi) is 6.04. The van der Waals surface area contributed by atoms with Crippen LogP contribution in [0.15, 0.2) is 58.7 Å². The molecule has 138 valence electrons. The number of amides is 1. The van der Waals surface area contributed by atoms with E-state index in [2.05, 4.69) is 27.5 Å². The summed E-state index contributed by atoms with van der Waals surface area (Å²) in [7, 11) is 0. The summed E-state index contributed by atoms with van der Waals surface area (Å²) < 4.78 is 1.37. The first kappa shape index (κ1) is 18.4. The first-order valence-electron chi connectivity index (χ1n) is 8.94. The third kappa shape index (κ3) is 4.44. The predicted octanol–water partition coefficient (Wildman–Crippen LogP) is 2.75. The fourth-order valence-corrected chi connectivity index (χ4v) is 2.74. The summed E-state index contributed by atoms with van der Waals surface area (Å²) in [6, 6.07) is 10.6. The van der Waals surface area contributed by atoms with Crippen molar-refractivity contribution in [2.45, 2.75) is 32.7 Å². The van der Waals surface area contributed by atoms with Crippen molar-refractivity contribution in [2.75, 3.05) is 0 Å². The van der Waals surface area contributed by atoms with Crippen molar-refractivity contribution in [3.63, 3.8) is 0 Å². The van der Waals surface area contributed by atoms with E-state index in [0.29, 0.717) is 17.3 Å². The molecule has 1 amide bonds. The number of rotatable bonds is 7. The zero-order chi connectivity index (χ0) is 19.1. The van der Waals surface area contributed by atoms with Crippen molar-refractivity contribution in [1.82, 2.24) is 20.2 Å². The standard InChI is InChI=1S/C20H21N5O2/c1-2-3-6-12-25-20(27)17-10-5-4-9-16(17)18(24-25)19(26)23-22-14-15-8-7-11-21-13-15/h4-5,7-11,13-14H,2-3,6,12H2,1H3,(H,23,26)/b22-14-. The molecule has 0 aliphatic rings. The first-order valence-corrected chi connectivity index (χ1v) is 8.94. The molecule has 0 aliphatic heterocycles. The Hall–Kier alpha value is -3.35. The Labute approximate surface area is 156 Å². The van der Waals surface area contributed by atoms with Crippen LogP contribution in [0.3, 0.4) is 0 Å². The Balaban J connectivity index is 1.89. The molecule has 0 saturated carbocycles. The number of carbonyl (C=O) groups is 1. The monoisotopic (exact) mass is 363 g/mol. The quantitative estimate of drug-likeness (QED) is 0.397. The van der Waals surface area contributed by atoms with Gasteiger partial charge in [-0.2, -0.15) is 10.2 Å². The molecule has 0 bridgehead atoms. The van der Waals surface area contributed by atoms with Gasteiger partial charge in [-0.15, -0.1) is 0 Å². The van der Waals surface area contributed by atoms with E-state index in [9.17, 15) is 9.59 Å². The molecule has 27 heavy (non-hydrogen) atoms. The molecule has 3 aromatic rings. The van der Waals surface area contributed by atoms with E-state index in [1.807, 2.05) is 6.07 Å². The highest BCUT2D eigenvalue weighted by atomic mass is 16.2. The lowest BCUT2D eigenvalue weighted by molar-refractivity contribution is 0.0949. The van der Waals surface area contributed by atoms with Crippen LogP contribution in [0.25, 0.3) is 10.8 Å². The van der Waals surface area contributed by atoms with Gasteiger partial charge >= 0.3 is 0 Å². The number of carbonyl (C=O) groups excluding carboxylic acids is 1. The van der Waals surface area contributed by atoms with Crippen molar-refractivity contribution in [1.29, 1.82) is 0 Å². The number of nitrogens with one attached hydrogen (secondary N) is 1. The van der Waals surface area contributed by atoms with Gasteiger partial charge < -0.3 is 0 Å². The SMILES string of the molecule is CCCCCn1nc(C(=O)N/N=C\c2cccnc2)c2ccccc2c1=O. The van der Waals surface area contributed by atoms with Gasteiger partial charge in [0.25, 0.3) is 11.5 Å². The van der Waals surface area contributed by atoms with E-state index in [-0.39, 0.29) is 11.3 Å². The summed E-state index contributed by atoms with van der Waals surface area (Å²) in [5, 5.41) is 9.26. The minimum atomic E-state index is -0.462. The van der Waals surface area contributed by atoms with Gasteiger partial charge in [-0.3, -0.25) is 14.6 Å². The third-order valence-corrected chi connectivity index (χ3v) is 4.12. The Bertz CT molecular complexity index is 1010. The third-order valence-electron chi connectivity index (χ3n) is 4.12. The molecule has 3 rings (SSSR count). The van der Waals surface area contributed by atoms with Gasteiger partial charge in [-0.05, 0) is 18.6 Å². The van der Waals surface area contributed by atoms with E-state index in [4.69, 9.17) is 0 Å². The number of hydrogen-bond donors (Lipinski definition) is 1. The van der Waals surface area contributed by atoms with Gasteiger partial charge in [0, 0.05) is 29.9 Å². The molecule has 7 nitrogen and oxygen atoms in total. The molecular formula is C20H21N5O2. The van der Waals surface area contributed by atoms with Crippen LogP contribution in [0, 0.1) is 0 Å². The molecule has 2 aromatic heterocycles. The van der Waals surface area contributed by atoms with Gasteiger partial charge in [-0.1, -0.05) is 44.0 Å². The maximum absolute atomic E-state index is 12.6. The lowest BCUT2D eigenvalue weighted by Gasteiger charge is -2.10. The first-order chi connectivity index (χ1) is 13.2. The molecule has 0 aliphatic carbocycles. The van der Waals surface area contributed by atoms with Crippen LogP contribution in [-0.2, 0) is 6.54 Å². The normalized spacial score (nSPS) is 11.1. The molecule has 0 radical (unpaired) electrons. The van der Waals surface area contributed by atoms with Crippen molar-refractivity contribution in [2.24, 2.45) is 5.10 Å². The van der Waals surface area contributed by atoms with E-state index >= 15 is 0 Å². The summed E-state index contributed by atoms with van der Waals surface area (Å²) >= 11 is 0. The molecule has 0 fully saturated rings. The molecular weight excluding hydrogens is 342 g/mol. The van der Waals surface area contributed by atoms with E-state index in [0.717, 1.165) is 24.8 Å². The molecule has 0 spiro atoms. The molecule has 1 N–H and O–H groups in total. The summed E-state index contributed by atoms with van der Waals surface area (Å²) in [4.78, 5) is 29.2. The smallest absolute Gasteiger partial charge is 0.267 e. The van der Waals surface area contributed by atoms with Crippen LogP contribution in [-0.4, -0.2) is 26.9 Å². The number of aromatic nitrogens is 3. The topological polar surface area (TPSA) is 89.2 Å². The van der Waals surface area contributed by atoms with Crippen LogP contribution in [0.4, 0.5) is 0 Å². The number of benzene rings is 1. The second-order valence-electron chi connectivity index (χ2n) is 6.12. The van der Waals surface area contributed by atoms with Gasteiger partial charge in [-0.25, -0.2) is 10.1 Å². The van der Waals surface area contributed by atoms with Crippen molar-refractivity contribution in [3.8, 4) is 0 Å². The lowest BCUT2D eigenvalue weighted by Crippen LogP contribution is -2.29. The number of aryl methyl sites for hydroxylation is 1. The highest BCUT2D eigenvalue weighted by Crippen LogP contribution is 2.13. The molecule has 0 atom stereocenters. The maximum atomic E-state index is 12.6. The number of pyridine rings is 1. The van der Waals surface area contributed by atoms with Crippen molar-refractivity contribution < 1.29 is 4.79 Å². The fraction of sp³-hybridized carbons (Fsp3) is 0.250. The van der Waals surface area contributed by atoms with Crippen molar-refractivity contribution in [3.05, 3.63) is 70.4 Å². The van der Waals surface area contributed by atoms with Crippen LogP contribution in [0.5, 0.6) is 0 Å². The van der Waals surface area contributed by atoms with E-state index in [1.165, 1.54) is 10.9 Å². The maximum Gasteiger partial charge on any atom is 0.292 e. The highest BCUT2D eigenvalue weighted by molar-refractivity contribution is 6.04. The number of unbranched alkanes of at least 4 members (excludes halogenated alkanes) is 2. The highest BCUT2D eigenvalue weighted by Gasteiger charge is 2.16. The van der Waals surface area contributed by atoms with Crippen LogP contribution >= 0.6 is 0 Å². The molecule has 1 aromatic carbocycles. The summed E-state index contributed by atoms with van der Waals surface area (Å²) in [6.07, 6.45) is 7.67. The largest absolute Gasteiger partial charge is 0.292 e. The number of hydrogen-bond acceptors (Lipinski definition) is 5. The van der Waals surface area contributed by atoms with Gasteiger partial charge in [0.05, 0.1) is 11.6 Å². The molecule has 0 unspecified atom stereocenters. The summed E-state index contributed by atoms with van der Waals surface area (Å²) in [5.41, 5.74) is 3.24. The van der Waals surface area contributed by atoms with E-state index < -0.39 is 5.91 Å². The average molecular weight is 363 g/mol. The van der Waals surface area contributed by atoms with Gasteiger partial charge in [0.15, 0.2) is 5.69 Å². The van der Waals surface area contributed by atoms with Gasteiger partial charge in [0.1, 0.15) is 0 Å². The molecule has 0 saturated heterocycles. The van der Waals surface area contributed by atoms with Crippen LogP contribution in [0.1, 0.15) is 42.2 Å². The zero-order valence-electron chi connectivity index (χ0n) is 15.1. The fourth-order valence-electron chi connectivity index (χ4n) is 2.74. The number of hydrazone groups is 1. The average Bonchev–Trinajstić information content (AvgIpc) is 2.70. The van der Waals surface area contributed by atoms with Crippen molar-refractivity contribution >= 4 is 22.9 Å². The van der Waals surface area contributed by atoms with Crippen LogP contribution < -0.4 is 11.0 Å².